The van der Waals surface area contributed by atoms with Gasteiger partial charge in [0.1, 0.15) is 0 Å². The predicted octanol–water partition coefficient (Wildman–Crippen LogP) is 3.25. The van der Waals surface area contributed by atoms with E-state index < -0.39 is 0 Å². The van der Waals surface area contributed by atoms with E-state index in [1.807, 2.05) is 0 Å². The van der Waals surface area contributed by atoms with Crippen LogP contribution in [0.5, 0.6) is 0 Å². The minimum Gasteiger partial charge on any atom is -0.103 e. The first-order valence-corrected chi connectivity index (χ1v) is 5.15. The third kappa shape index (κ3) is 8.29. The molecule has 0 heterocycles. The molecule has 0 radical (unpaired) electrons. The van der Waals surface area contributed by atoms with Crippen molar-refractivity contribution in [3.63, 3.8) is 0 Å². The molecule has 0 aromatic rings. The zero-order valence-electron chi connectivity index (χ0n) is 7.00. The molecule has 0 aliphatic carbocycles. The van der Waals surface area contributed by atoms with Gasteiger partial charge in [-0.1, -0.05) is 28.5 Å². The Bertz CT molecular complexity index is 131. The summed E-state index contributed by atoms with van der Waals surface area (Å²) in [5, 5.41) is 0. The third-order valence-electron chi connectivity index (χ3n) is 0.899. The molecule has 0 unspecified atom stereocenters. The highest BCUT2D eigenvalue weighted by Gasteiger charge is 2.02. The van der Waals surface area contributed by atoms with Crippen molar-refractivity contribution in [2.45, 2.75) is 33.6 Å². The molecule has 0 aliphatic rings. The highest BCUT2D eigenvalue weighted by Crippen LogP contribution is 2.10. The van der Waals surface area contributed by atoms with Crippen LogP contribution in [0.2, 0.25) is 0 Å². The fraction of sp³-hybridized carbons (Fsp3) is 0.778. The van der Waals surface area contributed by atoms with Crippen LogP contribution in [0, 0.1) is 17.3 Å². The van der Waals surface area contributed by atoms with Gasteiger partial charge in [-0.3, -0.25) is 0 Å². The number of halogens is 1. The van der Waals surface area contributed by atoms with Crippen molar-refractivity contribution in [2.24, 2.45) is 5.41 Å². The number of unbranched alkanes of at least 4 members (excludes halogenated alkanes) is 1. The summed E-state index contributed by atoms with van der Waals surface area (Å²) in [4.78, 5) is 0. The second-order valence-electron chi connectivity index (χ2n) is 3.34. The third-order valence-corrected chi connectivity index (χ3v) is 1.66. The molecule has 0 rings (SSSR count). The van der Waals surface area contributed by atoms with Crippen LogP contribution < -0.4 is 0 Å². The SMILES string of the molecule is CC(C)(C)C#CCCCI. The summed E-state index contributed by atoms with van der Waals surface area (Å²) < 4.78 is 1.22. The summed E-state index contributed by atoms with van der Waals surface area (Å²) >= 11 is 2.38. The van der Waals surface area contributed by atoms with E-state index in [2.05, 4.69) is 55.2 Å². The number of rotatable bonds is 2. The van der Waals surface area contributed by atoms with Crippen molar-refractivity contribution in [3.8, 4) is 11.8 Å². The Kier molecular flexibility index (Phi) is 5.15. The lowest BCUT2D eigenvalue weighted by Crippen LogP contribution is -1.98. The van der Waals surface area contributed by atoms with Gasteiger partial charge in [-0.05, 0) is 27.2 Å². The second-order valence-corrected chi connectivity index (χ2v) is 4.42. The van der Waals surface area contributed by atoms with Crippen LogP contribution in [-0.4, -0.2) is 4.43 Å². The number of alkyl halides is 1. The molecule has 0 saturated carbocycles. The van der Waals surface area contributed by atoms with Crippen LogP contribution in [0.4, 0.5) is 0 Å². The van der Waals surface area contributed by atoms with Crippen molar-refractivity contribution in [1.29, 1.82) is 0 Å². The normalized spacial score (nSPS) is 10.4. The van der Waals surface area contributed by atoms with Gasteiger partial charge < -0.3 is 0 Å². The van der Waals surface area contributed by atoms with Crippen LogP contribution in [-0.2, 0) is 0 Å². The Morgan fingerprint density at radius 2 is 1.90 bits per heavy atom. The van der Waals surface area contributed by atoms with E-state index in [1.54, 1.807) is 0 Å². The minimum atomic E-state index is 0.186. The van der Waals surface area contributed by atoms with Crippen LogP contribution in [0.1, 0.15) is 33.6 Å². The molecule has 0 amide bonds. The standard InChI is InChI=1S/C9H15I/c1-9(2,3)7-5-4-6-8-10/h4,6,8H2,1-3H3. The molecule has 0 aromatic heterocycles. The molecule has 0 nitrogen and oxygen atoms in total. The molecule has 0 aromatic carbocycles. The summed E-state index contributed by atoms with van der Waals surface area (Å²) in [7, 11) is 0. The van der Waals surface area contributed by atoms with Crippen molar-refractivity contribution in [1.82, 2.24) is 0 Å². The molecular formula is C9H15I. The van der Waals surface area contributed by atoms with E-state index in [0.29, 0.717) is 0 Å². The van der Waals surface area contributed by atoms with Gasteiger partial charge in [0.2, 0.25) is 0 Å². The molecule has 0 atom stereocenters. The van der Waals surface area contributed by atoms with E-state index in [9.17, 15) is 0 Å². The Morgan fingerprint density at radius 3 is 2.30 bits per heavy atom. The zero-order valence-corrected chi connectivity index (χ0v) is 9.16. The highest BCUT2D eigenvalue weighted by molar-refractivity contribution is 14.1. The average Bonchev–Trinajstić information content (AvgIpc) is 1.78. The summed E-state index contributed by atoms with van der Waals surface area (Å²) in [6.45, 7) is 6.43. The van der Waals surface area contributed by atoms with Crippen molar-refractivity contribution < 1.29 is 0 Å². The Labute approximate surface area is 77.9 Å². The van der Waals surface area contributed by atoms with Crippen molar-refractivity contribution >= 4 is 22.6 Å². The largest absolute Gasteiger partial charge is 0.103 e. The quantitative estimate of drug-likeness (QED) is 0.305. The summed E-state index contributed by atoms with van der Waals surface area (Å²) in [5.74, 6) is 6.37. The topological polar surface area (TPSA) is 0 Å². The lowest BCUT2D eigenvalue weighted by atomic mass is 9.98. The first-order chi connectivity index (χ1) is 4.56. The van der Waals surface area contributed by atoms with E-state index in [0.717, 1.165) is 6.42 Å². The molecular weight excluding hydrogens is 235 g/mol. The first-order valence-electron chi connectivity index (χ1n) is 3.62. The fourth-order valence-electron chi connectivity index (χ4n) is 0.483. The first kappa shape index (κ1) is 10.3. The Hall–Kier alpha value is 0.290. The molecule has 0 bridgehead atoms. The van der Waals surface area contributed by atoms with Crippen LogP contribution >= 0.6 is 22.6 Å². The summed E-state index contributed by atoms with van der Waals surface area (Å²) in [6.07, 6.45) is 2.28. The average molecular weight is 250 g/mol. The van der Waals surface area contributed by atoms with Gasteiger partial charge in [0.05, 0.1) is 0 Å². The molecule has 10 heavy (non-hydrogen) atoms. The molecule has 58 valence electrons. The predicted molar refractivity (Wildman–Crippen MR) is 55.4 cm³/mol. The summed E-state index contributed by atoms with van der Waals surface area (Å²) in [5.41, 5.74) is 0.186. The second kappa shape index (κ2) is 5.01. The van der Waals surface area contributed by atoms with Gasteiger partial charge in [0.15, 0.2) is 0 Å². The van der Waals surface area contributed by atoms with Crippen LogP contribution in [0.25, 0.3) is 0 Å². The molecule has 0 aliphatic heterocycles. The zero-order chi connectivity index (χ0) is 8.04. The molecule has 0 saturated heterocycles. The van der Waals surface area contributed by atoms with Crippen LogP contribution in [0.3, 0.4) is 0 Å². The highest BCUT2D eigenvalue weighted by atomic mass is 127. The monoisotopic (exact) mass is 250 g/mol. The molecule has 0 fully saturated rings. The van der Waals surface area contributed by atoms with Gasteiger partial charge in [-0.25, -0.2) is 0 Å². The lowest BCUT2D eigenvalue weighted by Gasteiger charge is -2.06. The number of hydrogen-bond donors (Lipinski definition) is 0. The van der Waals surface area contributed by atoms with Gasteiger partial charge in [-0.15, -0.1) is 5.92 Å². The van der Waals surface area contributed by atoms with Gasteiger partial charge in [0, 0.05) is 16.3 Å². The van der Waals surface area contributed by atoms with Gasteiger partial charge in [-0.2, -0.15) is 0 Å². The van der Waals surface area contributed by atoms with Gasteiger partial charge >= 0.3 is 0 Å². The molecule has 0 N–H and O–H groups in total. The smallest absolute Gasteiger partial charge is 0.0230 e. The molecule has 0 spiro atoms. The van der Waals surface area contributed by atoms with E-state index >= 15 is 0 Å². The Morgan fingerprint density at radius 1 is 1.30 bits per heavy atom. The lowest BCUT2D eigenvalue weighted by molar-refractivity contribution is 0.570. The minimum absolute atomic E-state index is 0.186. The Balaban J connectivity index is 3.50. The number of hydrogen-bond acceptors (Lipinski definition) is 0. The van der Waals surface area contributed by atoms with Crippen molar-refractivity contribution in [2.75, 3.05) is 4.43 Å². The summed E-state index contributed by atoms with van der Waals surface area (Å²) in [6, 6.07) is 0. The molecule has 1 heteroatoms. The van der Waals surface area contributed by atoms with E-state index in [1.165, 1.54) is 10.8 Å². The maximum atomic E-state index is 3.20. The van der Waals surface area contributed by atoms with E-state index in [4.69, 9.17) is 0 Å². The van der Waals surface area contributed by atoms with Gasteiger partial charge in [0.25, 0.3) is 0 Å². The van der Waals surface area contributed by atoms with Crippen molar-refractivity contribution in [3.05, 3.63) is 0 Å². The fourth-order valence-corrected chi connectivity index (χ4v) is 0.864. The van der Waals surface area contributed by atoms with E-state index in [-0.39, 0.29) is 5.41 Å². The maximum Gasteiger partial charge on any atom is 0.0230 e. The maximum absolute atomic E-state index is 3.20. The van der Waals surface area contributed by atoms with Crippen LogP contribution in [0.15, 0.2) is 0 Å².